The molecule has 214 valence electrons. The van der Waals surface area contributed by atoms with Crippen molar-refractivity contribution in [1.29, 1.82) is 0 Å². The molecule has 0 aliphatic carbocycles. The first-order valence-electron chi connectivity index (χ1n) is 12.1. The van der Waals surface area contributed by atoms with Gasteiger partial charge in [-0.05, 0) is 33.1 Å². The summed E-state index contributed by atoms with van der Waals surface area (Å²) >= 11 is 0. The lowest BCUT2D eigenvalue weighted by molar-refractivity contribution is -0.126. The fourth-order valence-corrected chi connectivity index (χ4v) is 3.68. The number of ether oxygens (including phenoxy) is 1. The highest BCUT2D eigenvalue weighted by Gasteiger charge is 2.29. The second-order valence-electron chi connectivity index (χ2n) is 8.07. The maximum atomic E-state index is 12.4. The molecule has 0 unspecified atom stereocenters. The largest absolute Gasteiger partial charge is 0.453 e. The van der Waals surface area contributed by atoms with Gasteiger partial charge in [0.25, 0.3) is 11.8 Å². The number of piperidine rings is 1. The molecule has 2 rings (SSSR count). The molecule has 0 aromatic heterocycles. The maximum Gasteiger partial charge on any atom is 0.409 e. The summed E-state index contributed by atoms with van der Waals surface area (Å²) in [5.74, 6) is -0.468. The summed E-state index contributed by atoms with van der Waals surface area (Å²) in [4.78, 5) is 59.5. The van der Waals surface area contributed by atoms with Gasteiger partial charge in [-0.1, -0.05) is 20.6 Å². The summed E-state index contributed by atoms with van der Waals surface area (Å²) in [6.45, 7) is 6.38. The molecular weight excluding hydrogens is 502 g/mol. The molecule has 15 nitrogen and oxygen atoms in total. The van der Waals surface area contributed by atoms with Gasteiger partial charge in [-0.3, -0.25) is 9.59 Å². The summed E-state index contributed by atoms with van der Waals surface area (Å²) in [5.41, 5.74) is 1.02. The lowest BCUT2D eigenvalue weighted by Gasteiger charge is -2.33. The molecule has 0 radical (unpaired) electrons. The van der Waals surface area contributed by atoms with E-state index in [1.165, 1.54) is 46.9 Å². The fourth-order valence-electron chi connectivity index (χ4n) is 3.68. The molecule has 38 heavy (non-hydrogen) atoms. The zero-order chi connectivity index (χ0) is 28.5. The van der Waals surface area contributed by atoms with Gasteiger partial charge in [0.1, 0.15) is 39.9 Å². The standard InChI is InChI=1S/C12H20N4O5.C11H19N3O3/c1-9(13-20-3)10(14-21-4)11(17)15-5-7-16(8-6-15)12(18)19-2;1-9(12-16-2)10(13-17-3)11(15)14-7-5-4-6-8-14/h5-8H2,1-4H3;4-8H2,1-3H3. The number of carbonyl (C=O) groups excluding carboxylic acids is 3. The number of nitrogens with zero attached hydrogens (tertiary/aromatic N) is 7. The van der Waals surface area contributed by atoms with Crippen LogP contribution in [0.1, 0.15) is 33.1 Å². The van der Waals surface area contributed by atoms with E-state index in [1.54, 1.807) is 23.6 Å². The van der Waals surface area contributed by atoms with Crippen molar-refractivity contribution in [2.45, 2.75) is 33.1 Å². The van der Waals surface area contributed by atoms with Crippen LogP contribution in [0.5, 0.6) is 0 Å². The number of amides is 3. The SMILES string of the molecule is CON=C(C)C(=NOC)C(=O)N1CCCCC1.CON=C(C)C(=NOC)C(=O)N1CCN(C(=O)OC)CC1. The van der Waals surface area contributed by atoms with Gasteiger partial charge in [0.05, 0.1) is 7.11 Å². The molecule has 0 atom stereocenters. The molecule has 0 N–H and O–H groups in total. The van der Waals surface area contributed by atoms with Crippen LogP contribution in [0, 0.1) is 0 Å². The van der Waals surface area contributed by atoms with Gasteiger partial charge in [-0.15, -0.1) is 0 Å². The van der Waals surface area contributed by atoms with Crippen LogP contribution in [0.4, 0.5) is 4.79 Å². The van der Waals surface area contributed by atoms with Crippen LogP contribution in [0.25, 0.3) is 0 Å². The first-order valence-corrected chi connectivity index (χ1v) is 12.1. The molecule has 0 bridgehead atoms. The second-order valence-corrected chi connectivity index (χ2v) is 8.07. The predicted molar refractivity (Wildman–Crippen MR) is 140 cm³/mol. The number of methoxy groups -OCH3 is 1. The van der Waals surface area contributed by atoms with E-state index in [-0.39, 0.29) is 23.2 Å². The van der Waals surface area contributed by atoms with Crippen molar-refractivity contribution >= 4 is 40.8 Å². The fraction of sp³-hybridized carbons (Fsp3) is 0.696. The Balaban J connectivity index is 0.000000389. The van der Waals surface area contributed by atoms with Gasteiger partial charge in [0.15, 0.2) is 11.4 Å². The maximum absolute atomic E-state index is 12.4. The minimum absolute atomic E-state index is 0.0749. The zero-order valence-electron chi connectivity index (χ0n) is 23.3. The Morgan fingerprint density at radius 2 is 0.895 bits per heavy atom. The van der Waals surface area contributed by atoms with Crippen molar-refractivity contribution in [1.82, 2.24) is 14.7 Å². The number of piperazine rings is 1. The summed E-state index contributed by atoms with van der Waals surface area (Å²) < 4.78 is 4.65. The van der Waals surface area contributed by atoms with Crippen LogP contribution in [0.15, 0.2) is 20.6 Å². The Bertz CT molecular complexity index is 905. The lowest BCUT2D eigenvalue weighted by atomic mass is 10.1. The minimum Gasteiger partial charge on any atom is -0.453 e. The molecule has 0 spiro atoms. The highest BCUT2D eigenvalue weighted by atomic mass is 16.6. The van der Waals surface area contributed by atoms with Crippen molar-refractivity contribution in [2.75, 3.05) is 74.8 Å². The molecule has 2 heterocycles. The number of hydrogen-bond donors (Lipinski definition) is 0. The van der Waals surface area contributed by atoms with Gasteiger partial charge in [0, 0.05) is 39.3 Å². The Morgan fingerprint density at radius 3 is 1.26 bits per heavy atom. The number of rotatable bonds is 8. The summed E-state index contributed by atoms with van der Waals surface area (Å²) in [6.07, 6.45) is 2.84. The zero-order valence-corrected chi connectivity index (χ0v) is 23.3. The van der Waals surface area contributed by atoms with E-state index in [2.05, 4.69) is 44.7 Å². The van der Waals surface area contributed by atoms with Crippen LogP contribution in [0.3, 0.4) is 0 Å². The van der Waals surface area contributed by atoms with Crippen molar-refractivity contribution in [2.24, 2.45) is 20.6 Å². The molecule has 3 amide bonds. The van der Waals surface area contributed by atoms with Gasteiger partial charge >= 0.3 is 6.09 Å². The van der Waals surface area contributed by atoms with E-state index in [1.807, 2.05) is 0 Å². The average Bonchev–Trinajstić information content (AvgIpc) is 2.94. The monoisotopic (exact) mass is 541 g/mol. The third-order valence-corrected chi connectivity index (χ3v) is 5.56. The van der Waals surface area contributed by atoms with Crippen LogP contribution in [-0.2, 0) is 33.7 Å². The van der Waals surface area contributed by atoms with Gasteiger partial charge in [0.2, 0.25) is 0 Å². The van der Waals surface area contributed by atoms with E-state index in [4.69, 9.17) is 0 Å². The second kappa shape index (κ2) is 17.5. The summed E-state index contributed by atoms with van der Waals surface area (Å²) in [5, 5.41) is 14.8. The molecule has 2 aliphatic heterocycles. The van der Waals surface area contributed by atoms with Crippen molar-refractivity contribution in [3.63, 3.8) is 0 Å². The average molecular weight is 542 g/mol. The number of hydrogen-bond acceptors (Lipinski definition) is 12. The molecule has 0 aromatic rings. The van der Waals surface area contributed by atoms with E-state index < -0.39 is 6.09 Å². The first kappa shape index (κ1) is 32.1. The molecule has 2 saturated heterocycles. The van der Waals surface area contributed by atoms with Crippen molar-refractivity contribution in [3.8, 4) is 0 Å². The lowest BCUT2D eigenvalue weighted by Crippen LogP contribution is -2.52. The Labute approximate surface area is 222 Å². The van der Waals surface area contributed by atoms with Gasteiger partial charge in [-0.25, -0.2) is 4.79 Å². The van der Waals surface area contributed by atoms with E-state index in [9.17, 15) is 14.4 Å². The molecule has 0 saturated carbocycles. The van der Waals surface area contributed by atoms with Crippen LogP contribution < -0.4 is 0 Å². The van der Waals surface area contributed by atoms with Crippen LogP contribution >= 0.6 is 0 Å². The molecule has 2 aliphatic rings. The molecule has 15 heteroatoms. The van der Waals surface area contributed by atoms with Crippen LogP contribution in [-0.4, -0.2) is 130 Å². The molecule has 2 fully saturated rings. The van der Waals surface area contributed by atoms with Crippen molar-refractivity contribution in [3.05, 3.63) is 0 Å². The smallest absolute Gasteiger partial charge is 0.409 e. The minimum atomic E-state index is -0.398. The quantitative estimate of drug-likeness (QED) is 0.325. The predicted octanol–water partition coefficient (Wildman–Crippen LogP) is 0.945. The molecular formula is C23H39N7O8. The number of likely N-dealkylation sites (tertiary alicyclic amines) is 1. The van der Waals surface area contributed by atoms with E-state index in [0.717, 1.165) is 25.9 Å². The Morgan fingerprint density at radius 1 is 0.526 bits per heavy atom. The summed E-state index contributed by atoms with van der Waals surface area (Å²) in [7, 11) is 6.90. The Kier molecular flexibility index (Phi) is 14.8. The highest BCUT2D eigenvalue weighted by Crippen LogP contribution is 2.10. The van der Waals surface area contributed by atoms with Crippen LogP contribution in [0.2, 0.25) is 0 Å². The van der Waals surface area contributed by atoms with Crippen molar-refractivity contribution < 1.29 is 38.5 Å². The Hall–Kier alpha value is -3.91. The van der Waals surface area contributed by atoms with E-state index >= 15 is 0 Å². The number of oxime groups is 4. The highest BCUT2D eigenvalue weighted by molar-refractivity contribution is 6.66. The van der Waals surface area contributed by atoms with Gasteiger partial charge in [-0.2, -0.15) is 0 Å². The molecule has 0 aromatic carbocycles. The van der Waals surface area contributed by atoms with E-state index in [0.29, 0.717) is 37.6 Å². The topological polar surface area (TPSA) is 157 Å². The normalized spacial score (nSPS) is 17.2. The number of carbonyl (C=O) groups is 3. The van der Waals surface area contributed by atoms with Gasteiger partial charge < -0.3 is 38.8 Å². The third-order valence-electron chi connectivity index (χ3n) is 5.56. The third kappa shape index (κ3) is 9.86. The first-order chi connectivity index (χ1) is 18.2. The summed E-state index contributed by atoms with van der Waals surface area (Å²) in [6, 6.07) is 0.